The number of carbonyl (C=O) groups excluding carboxylic acids is 1. The van der Waals surface area contributed by atoms with E-state index < -0.39 is 0 Å². The fraction of sp³-hybridized carbons (Fsp3) is 0.923. The first-order valence-electron chi connectivity index (χ1n) is 6.39. The van der Waals surface area contributed by atoms with Crippen molar-refractivity contribution in [3.05, 3.63) is 0 Å². The summed E-state index contributed by atoms with van der Waals surface area (Å²) < 4.78 is 0. The van der Waals surface area contributed by atoms with Crippen LogP contribution in [0.25, 0.3) is 0 Å². The van der Waals surface area contributed by atoms with Gasteiger partial charge in [0.15, 0.2) is 0 Å². The summed E-state index contributed by atoms with van der Waals surface area (Å²) in [5.41, 5.74) is 0.274. The fourth-order valence-electron chi connectivity index (χ4n) is 3.66. The van der Waals surface area contributed by atoms with Crippen LogP contribution in [0.3, 0.4) is 0 Å². The monoisotopic (exact) mass is 224 g/mol. The summed E-state index contributed by atoms with van der Waals surface area (Å²) in [5.74, 6) is 0. The second-order valence-corrected chi connectivity index (χ2v) is 6.36. The summed E-state index contributed by atoms with van der Waals surface area (Å²) in [5, 5.41) is 0. The summed E-state index contributed by atoms with van der Waals surface area (Å²) in [7, 11) is 1.92. The van der Waals surface area contributed by atoms with Crippen molar-refractivity contribution in [2.45, 2.75) is 70.1 Å². The topological polar surface area (TPSA) is 23.6 Å². The molecule has 0 spiro atoms. The van der Waals surface area contributed by atoms with Crippen LogP contribution in [0, 0.1) is 0 Å². The van der Waals surface area contributed by atoms with Crippen LogP contribution in [0.2, 0.25) is 0 Å². The van der Waals surface area contributed by atoms with Gasteiger partial charge in [0.25, 0.3) is 0 Å². The van der Waals surface area contributed by atoms with Crippen molar-refractivity contribution in [3.8, 4) is 0 Å². The Morgan fingerprint density at radius 3 is 2.06 bits per heavy atom. The number of hydrogen-bond acceptors (Lipinski definition) is 2. The maximum absolute atomic E-state index is 10.8. The minimum Gasteiger partial charge on any atom is -0.345 e. The summed E-state index contributed by atoms with van der Waals surface area (Å²) in [4.78, 5) is 15.4. The smallest absolute Gasteiger partial charge is 0.209 e. The number of carbonyl (C=O) groups is 1. The standard InChI is InChI=1S/C13H24N2O/c1-13(2,3)15-10-5-6-11(15)8-12(7-10)14(4)9-16/h9-12H,5-8H2,1-4H3. The Morgan fingerprint density at radius 1 is 1.19 bits per heavy atom. The van der Waals surface area contributed by atoms with Crippen LogP contribution in [-0.4, -0.2) is 46.9 Å². The molecule has 92 valence electrons. The molecule has 2 unspecified atom stereocenters. The van der Waals surface area contributed by atoms with Crippen LogP contribution in [0.15, 0.2) is 0 Å². The number of nitrogens with zero attached hydrogens (tertiary/aromatic N) is 2. The van der Waals surface area contributed by atoms with E-state index in [2.05, 4.69) is 25.7 Å². The zero-order valence-corrected chi connectivity index (χ0v) is 10.9. The Kier molecular flexibility index (Phi) is 2.99. The molecule has 1 amide bonds. The predicted octanol–water partition coefficient (Wildman–Crippen LogP) is 1.87. The van der Waals surface area contributed by atoms with Gasteiger partial charge in [-0.2, -0.15) is 0 Å². The fourth-order valence-corrected chi connectivity index (χ4v) is 3.66. The average Bonchev–Trinajstić information content (AvgIpc) is 2.49. The van der Waals surface area contributed by atoms with Crippen molar-refractivity contribution in [2.75, 3.05) is 7.05 Å². The van der Waals surface area contributed by atoms with E-state index >= 15 is 0 Å². The van der Waals surface area contributed by atoms with Gasteiger partial charge >= 0.3 is 0 Å². The van der Waals surface area contributed by atoms with E-state index in [-0.39, 0.29) is 5.54 Å². The molecule has 0 aliphatic carbocycles. The highest BCUT2D eigenvalue weighted by Crippen LogP contribution is 2.41. The first-order chi connectivity index (χ1) is 7.43. The molecule has 0 saturated carbocycles. The maximum atomic E-state index is 10.8. The average molecular weight is 224 g/mol. The minimum absolute atomic E-state index is 0.274. The number of hydrogen-bond donors (Lipinski definition) is 0. The molecule has 0 N–H and O–H groups in total. The van der Waals surface area contributed by atoms with Crippen LogP contribution >= 0.6 is 0 Å². The SMILES string of the molecule is CN(C=O)C1CC2CCC(C1)N2C(C)(C)C. The van der Waals surface area contributed by atoms with Crippen LogP contribution in [0.4, 0.5) is 0 Å². The Balaban J connectivity index is 2.09. The molecule has 3 heteroatoms. The molecule has 0 aromatic rings. The third kappa shape index (κ3) is 1.97. The van der Waals surface area contributed by atoms with E-state index in [0.29, 0.717) is 18.1 Å². The molecule has 16 heavy (non-hydrogen) atoms. The molecular weight excluding hydrogens is 200 g/mol. The number of amides is 1. The number of fused-ring (bicyclic) bond motifs is 2. The molecule has 2 rings (SSSR count). The zero-order chi connectivity index (χ0) is 11.9. The van der Waals surface area contributed by atoms with E-state index in [4.69, 9.17) is 0 Å². The number of piperidine rings is 1. The second-order valence-electron chi connectivity index (χ2n) is 6.36. The lowest BCUT2D eigenvalue weighted by Gasteiger charge is -2.48. The van der Waals surface area contributed by atoms with Crippen molar-refractivity contribution < 1.29 is 4.79 Å². The van der Waals surface area contributed by atoms with Gasteiger partial charge in [-0.1, -0.05) is 0 Å². The first-order valence-corrected chi connectivity index (χ1v) is 6.39. The van der Waals surface area contributed by atoms with E-state index in [0.717, 1.165) is 19.3 Å². The lowest BCUT2D eigenvalue weighted by atomic mass is 9.91. The van der Waals surface area contributed by atoms with Crippen LogP contribution < -0.4 is 0 Å². The van der Waals surface area contributed by atoms with E-state index in [1.54, 1.807) is 0 Å². The third-order valence-corrected chi connectivity index (χ3v) is 4.23. The molecule has 2 saturated heterocycles. The number of rotatable bonds is 2. The van der Waals surface area contributed by atoms with Gasteiger partial charge in [0.2, 0.25) is 6.41 Å². The van der Waals surface area contributed by atoms with Gasteiger partial charge in [-0.3, -0.25) is 9.69 Å². The molecule has 2 heterocycles. The molecule has 2 fully saturated rings. The van der Waals surface area contributed by atoms with Gasteiger partial charge in [0.05, 0.1) is 0 Å². The van der Waals surface area contributed by atoms with Crippen molar-refractivity contribution in [3.63, 3.8) is 0 Å². The van der Waals surface area contributed by atoms with Gasteiger partial charge in [0.1, 0.15) is 0 Å². The summed E-state index contributed by atoms with van der Waals surface area (Å²) >= 11 is 0. The van der Waals surface area contributed by atoms with Gasteiger partial charge < -0.3 is 4.90 Å². The predicted molar refractivity (Wildman–Crippen MR) is 65.3 cm³/mol. The highest BCUT2D eigenvalue weighted by Gasteiger charge is 2.45. The molecule has 2 aliphatic rings. The third-order valence-electron chi connectivity index (χ3n) is 4.23. The van der Waals surface area contributed by atoms with Gasteiger partial charge in [-0.25, -0.2) is 0 Å². The molecule has 0 radical (unpaired) electrons. The van der Waals surface area contributed by atoms with Crippen molar-refractivity contribution in [1.29, 1.82) is 0 Å². The lowest BCUT2D eigenvalue weighted by molar-refractivity contribution is -0.120. The van der Waals surface area contributed by atoms with E-state index in [1.165, 1.54) is 12.8 Å². The zero-order valence-electron chi connectivity index (χ0n) is 10.9. The van der Waals surface area contributed by atoms with Crippen LogP contribution in [-0.2, 0) is 4.79 Å². The molecule has 3 nitrogen and oxygen atoms in total. The second kappa shape index (κ2) is 4.02. The summed E-state index contributed by atoms with van der Waals surface area (Å²) in [6.45, 7) is 6.92. The lowest BCUT2D eigenvalue weighted by Crippen LogP contribution is -2.56. The molecule has 2 atom stereocenters. The molecule has 0 aromatic carbocycles. The normalized spacial score (nSPS) is 35.1. The minimum atomic E-state index is 0.274. The Labute approximate surface area is 98.8 Å². The van der Waals surface area contributed by atoms with E-state index in [9.17, 15) is 4.79 Å². The highest BCUT2D eigenvalue weighted by atomic mass is 16.1. The molecule has 2 bridgehead atoms. The van der Waals surface area contributed by atoms with Crippen molar-refractivity contribution in [1.82, 2.24) is 9.80 Å². The van der Waals surface area contributed by atoms with Gasteiger partial charge in [-0.15, -0.1) is 0 Å². The Hall–Kier alpha value is -0.570. The van der Waals surface area contributed by atoms with Crippen LogP contribution in [0.5, 0.6) is 0 Å². The van der Waals surface area contributed by atoms with Gasteiger partial charge in [-0.05, 0) is 46.5 Å². The van der Waals surface area contributed by atoms with Gasteiger partial charge in [0, 0.05) is 30.7 Å². The maximum Gasteiger partial charge on any atom is 0.209 e. The highest BCUT2D eigenvalue weighted by molar-refractivity contribution is 5.47. The first kappa shape index (κ1) is 11.9. The molecule has 2 aliphatic heterocycles. The van der Waals surface area contributed by atoms with Crippen LogP contribution in [0.1, 0.15) is 46.5 Å². The van der Waals surface area contributed by atoms with E-state index in [1.807, 2.05) is 11.9 Å². The summed E-state index contributed by atoms with van der Waals surface area (Å²) in [6.07, 6.45) is 5.92. The molecular formula is C13H24N2O. The van der Waals surface area contributed by atoms with Crippen molar-refractivity contribution >= 4 is 6.41 Å². The summed E-state index contributed by atoms with van der Waals surface area (Å²) in [6, 6.07) is 1.84. The molecule has 0 aromatic heterocycles. The Morgan fingerprint density at radius 2 is 1.69 bits per heavy atom. The largest absolute Gasteiger partial charge is 0.345 e. The quantitative estimate of drug-likeness (QED) is 0.669. The van der Waals surface area contributed by atoms with Crippen molar-refractivity contribution in [2.24, 2.45) is 0 Å². The Bertz CT molecular complexity index is 258.